The van der Waals surface area contributed by atoms with Gasteiger partial charge in [0, 0.05) is 22.2 Å². The van der Waals surface area contributed by atoms with Crippen LogP contribution in [0.2, 0.25) is 0 Å². The third-order valence-electron chi connectivity index (χ3n) is 3.15. The van der Waals surface area contributed by atoms with E-state index in [1.165, 1.54) is 12.1 Å². The number of benzene rings is 2. The molecular formula is C17H17IN2O3. The van der Waals surface area contributed by atoms with Crippen LogP contribution in [0.4, 0.5) is 0 Å². The van der Waals surface area contributed by atoms with Gasteiger partial charge in [0.2, 0.25) is 0 Å². The summed E-state index contributed by atoms with van der Waals surface area (Å²) in [4.78, 5) is 23.8. The van der Waals surface area contributed by atoms with E-state index in [-0.39, 0.29) is 17.6 Å². The molecule has 0 heterocycles. The second kappa shape index (κ2) is 8.52. The zero-order chi connectivity index (χ0) is 16.7. The van der Waals surface area contributed by atoms with Crippen molar-refractivity contribution in [2.75, 3.05) is 13.1 Å². The number of carbonyl (C=O) groups is 2. The molecule has 0 atom stereocenters. The third kappa shape index (κ3) is 5.24. The molecule has 0 aromatic heterocycles. The summed E-state index contributed by atoms with van der Waals surface area (Å²) in [6, 6.07) is 13.5. The summed E-state index contributed by atoms with van der Waals surface area (Å²) in [5.41, 5.74) is 1.06. The Labute approximate surface area is 148 Å². The van der Waals surface area contributed by atoms with Crippen molar-refractivity contribution in [2.24, 2.45) is 0 Å². The molecule has 0 aliphatic heterocycles. The van der Waals surface area contributed by atoms with Gasteiger partial charge in [0.25, 0.3) is 11.8 Å². The highest BCUT2D eigenvalue weighted by atomic mass is 127. The van der Waals surface area contributed by atoms with E-state index in [0.29, 0.717) is 30.6 Å². The maximum absolute atomic E-state index is 12.0. The van der Waals surface area contributed by atoms with Crippen molar-refractivity contribution in [2.45, 2.75) is 6.42 Å². The first-order chi connectivity index (χ1) is 11.1. The number of nitrogens with one attached hydrogen (secondary N) is 2. The molecule has 0 unspecified atom stereocenters. The van der Waals surface area contributed by atoms with E-state index in [4.69, 9.17) is 0 Å². The predicted octanol–water partition coefficient (Wildman–Crippen LogP) is 2.55. The van der Waals surface area contributed by atoms with Gasteiger partial charge in [0.05, 0.1) is 5.56 Å². The van der Waals surface area contributed by atoms with Gasteiger partial charge in [0.1, 0.15) is 5.75 Å². The summed E-state index contributed by atoms with van der Waals surface area (Å²) in [6.07, 6.45) is 0.625. The molecular weight excluding hydrogens is 407 g/mol. The van der Waals surface area contributed by atoms with Crippen LogP contribution in [0.3, 0.4) is 0 Å². The summed E-state index contributed by atoms with van der Waals surface area (Å²) in [5, 5.41) is 14.9. The lowest BCUT2D eigenvalue weighted by atomic mass is 10.2. The van der Waals surface area contributed by atoms with Crippen LogP contribution in [-0.4, -0.2) is 30.0 Å². The van der Waals surface area contributed by atoms with Crippen LogP contribution >= 0.6 is 22.6 Å². The van der Waals surface area contributed by atoms with Crippen LogP contribution < -0.4 is 10.6 Å². The Morgan fingerprint density at radius 1 is 0.957 bits per heavy atom. The Balaban J connectivity index is 1.71. The van der Waals surface area contributed by atoms with Crippen LogP contribution in [0.5, 0.6) is 5.75 Å². The van der Waals surface area contributed by atoms with E-state index < -0.39 is 0 Å². The van der Waals surface area contributed by atoms with E-state index in [1.54, 1.807) is 18.2 Å². The first kappa shape index (κ1) is 17.3. The number of halogens is 1. The molecule has 0 saturated heterocycles. The maximum Gasteiger partial charge on any atom is 0.252 e. The highest BCUT2D eigenvalue weighted by molar-refractivity contribution is 14.1. The minimum absolute atomic E-state index is 0.0578. The van der Waals surface area contributed by atoms with E-state index >= 15 is 0 Å². The maximum atomic E-state index is 12.0. The molecule has 120 valence electrons. The molecule has 2 rings (SSSR count). The SMILES string of the molecule is O=C(NCCCNC(=O)c1ccccc1I)c1cccc(O)c1. The Bertz CT molecular complexity index is 704. The Morgan fingerprint density at radius 3 is 2.35 bits per heavy atom. The Hall–Kier alpha value is -2.09. The number of phenols is 1. The van der Waals surface area contributed by atoms with Crippen LogP contribution in [0.25, 0.3) is 0 Å². The van der Waals surface area contributed by atoms with Gasteiger partial charge < -0.3 is 15.7 Å². The van der Waals surface area contributed by atoms with Gasteiger partial charge in [-0.05, 0) is 59.3 Å². The fraction of sp³-hybridized carbons (Fsp3) is 0.176. The number of amides is 2. The molecule has 0 fully saturated rings. The number of hydrogen-bond acceptors (Lipinski definition) is 3. The highest BCUT2D eigenvalue weighted by Crippen LogP contribution is 2.11. The van der Waals surface area contributed by atoms with E-state index in [0.717, 1.165) is 3.57 Å². The first-order valence-corrected chi connectivity index (χ1v) is 8.26. The standard InChI is InChI=1S/C17H17IN2O3/c18-15-8-2-1-7-14(15)17(23)20-10-4-9-19-16(22)12-5-3-6-13(21)11-12/h1-3,5-8,11,21H,4,9-10H2,(H,19,22)(H,20,23). The van der Waals surface area contributed by atoms with Gasteiger partial charge in [-0.25, -0.2) is 0 Å². The Kier molecular flexibility index (Phi) is 6.40. The number of rotatable bonds is 6. The Morgan fingerprint density at radius 2 is 1.65 bits per heavy atom. The minimum atomic E-state index is -0.246. The number of phenolic OH excluding ortho intramolecular Hbond substituents is 1. The van der Waals surface area contributed by atoms with Crippen molar-refractivity contribution in [3.63, 3.8) is 0 Å². The van der Waals surface area contributed by atoms with Gasteiger partial charge >= 0.3 is 0 Å². The molecule has 23 heavy (non-hydrogen) atoms. The summed E-state index contributed by atoms with van der Waals surface area (Å²) >= 11 is 2.12. The highest BCUT2D eigenvalue weighted by Gasteiger charge is 2.08. The average molecular weight is 424 g/mol. The normalized spacial score (nSPS) is 10.1. The topological polar surface area (TPSA) is 78.4 Å². The molecule has 0 bridgehead atoms. The zero-order valence-electron chi connectivity index (χ0n) is 12.4. The molecule has 0 aliphatic rings. The van der Waals surface area contributed by atoms with Crippen molar-refractivity contribution < 1.29 is 14.7 Å². The minimum Gasteiger partial charge on any atom is -0.508 e. The fourth-order valence-corrected chi connectivity index (χ4v) is 2.61. The van der Waals surface area contributed by atoms with Crippen molar-refractivity contribution >= 4 is 34.4 Å². The van der Waals surface area contributed by atoms with Gasteiger partial charge in [-0.3, -0.25) is 9.59 Å². The van der Waals surface area contributed by atoms with Crippen molar-refractivity contribution in [1.29, 1.82) is 0 Å². The molecule has 5 nitrogen and oxygen atoms in total. The molecule has 3 N–H and O–H groups in total. The number of aromatic hydroxyl groups is 1. The quantitative estimate of drug-likeness (QED) is 0.493. The fourth-order valence-electron chi connectivity index (χ4n) is 1.98. The molecule has 2 amide bonds. The number of carbonyl (C=O) groups excluding carboxylic acids is 2. The predicted molar refractivity (Wildman–Crippen MR) is 96.5 cm³/mol. The van der Waals surface area contributed by atoms with Crippen molar-refractivity contribution in [3.05, 3.63) is 63.2 Å². The van der Waals surface area contributed by atoms with Crippen molar-refractivity contribution in [3.8, 4) is 5.75 Å². The van der Waals surface area contributed by atoms with Crippen LogP contribution in [0.1, 0.15) is 27.1 Å². The van der Waals surface area contributed by atoms with Gasteiger partial charge in [-0.1, -0.05) is 18.2 Å². The molecule has 0 radical (unpaired) electrons. The summed E-state index contributed by atoms with van der Waals surface area (Å²) < 4.78 is 0.903. The second-order valence-electron chi connectivity index (χ2n) is 4.90. The summed E-state index contributed by atoms with van der Waals surface area (Å²) in [7, 11) is 0. The second-order valence-corrected chi connectivity index (χ2v) is 6.06. The molecule has 6 heteroatoms. The number of hydrogen-bond donors (Lipinski definition) is 3. The lowest BCUT2D eigenvalue weighted by Gasteiger charge is -2.08. The summed E-state index contributed by atoms with van der Waals surface area (Å²) in [5.74, 6) is -0.304. The summed E-state index contributed by atoms with van der Waals surface area (Å²) in [6.45, 7) is 0.921. The van der Waals surface area contributed by atoms with E-state index in [1.807, 2.05) is 18.2 Å². The monoisotopic (exact) mass is 424 g/mol. The van der Waals surface area contributed by atoms with Gasteiger partial charge in [-0.2, -0.15) is 0 Å². The van der Waals surface area contributed by atoms with Crippen LogP contribution in [0.15, 0.2) is 48.5 Å². The molecule has 0 aliphatic carbocycles. The smallest absolute Gasteiger partial charge is 0.252 e. The van der Waals surface area contributed by atoms with Crippen molar-refractivity contribution in [1.82, 2.24) is 10.6 Å². The van der Waals surface area contributed by atoms with Gasteiger partial charge in [0.15, 0.2) is 0 Å². The first-order valence-electron chi connectivity index (χ1n) is 7.18. The molecule has 0 spiro atoms. The lowest BCUT2D eigenvalue weighted by Crippen LogP contribution is -2.30. The van der Waals surface area contributed by atoms with E-state index in [2.05, 4.69) is 33.2 Å². The van der Waals surface area contributed by atoms with Crippen LogP contribution in [-0.2, 0) is 0 Å². The molecule has 2 aromatic rings. The molecule has 2 aromatic carbocycles. The molecule has 0 saturated carbocycles. The third-order valence-corrected chi connectivity index (χ3v) is 4.09. The lowest BCUT2D eigenvalue weighted by molar-refractivity contribution is 0.0951. The zero-order valence-corrected chi connectivity index (χ0v) is 14.5. The average Bonchev–Trinajstić information content (AvgIpc) is 2.54. The largest absolute Gasteiger partial charge is 0.508 e. The van der Waals surface area contributed by atoms with E-state index in [9.17, 15) is 14.7 Å². The van der Waals surface area contributed by atoms with Crippen LogP contribution in [0, 0.1) is 3.57 Å². The van der Waals surface area contributed by atoms with Gasteiger partial charge in [-0.15, -0.1) is 0 Å².